The number of nitrogens with one attached hydrogen (secondary N) is 2. The Labute approximate surface area is 125 Å². The minimum Gasteiger partial charge on any atom is -0.480 e. The van der Waals surface area contributed by atoms with Gasteiger partial charge < -0.3 is 10.4 Å². The largest absolute Gasteiger partial charge is 0.480 e. The van der Waals surface area contributed by atoms with E-state index in [0.717, 1.165) is 6.26 Å². The molecule has 0 aliphatic heterocycles. The van der Waals surface area contributed by atoms with Crippen molar-refractivity contribution in [2.24, 2.45) is 5.41 Å². The standard InChI is InChI=1S/C13H24N2O5S/c1-6-7-8-9(12(17)18)14-11(16)10(13(2,3)4)15-21(5,19)20/h6-7,9-10,15H,8H2,1-5H3,(H,14,16)(H,17,18)/b7-6+. The molecule has 21 heavy (non-hydrogen) atoms. The molecule has 2 atom stereocenters. The molecule has 3 N–H and O–H groups in total. The van der Waals surface area contributed by atoms with Crippen LogP contribution >= 0.6 is 0 Å². The van der Waals surface area contributed by atoms with Crippen molar-refractivity contribution in [2.45, 2.75) is 46.2 Å². The maximum absolute atomic E-state index is 12.2. The lowest BCUT2D eigenvalue weighted by molar-refractivity contribution is -0.142. The molecular weight excluding hydrogens is 296 g/mol. The SMILES string of the molecule is C/C=C/CC(NC(=O)C(NS(C)(=O)=O)C(C)(C)C)C(=O)O. The fourth-order valence-electron chi connectivity index (χ4n) is 1.59. The van der Waals surface area contributed by atoms with E-state index in [0.29, 0.717) is 0 Å². The van der Waals surface area contributed by atoms with Crippen molar-refractivity contribution in [3.63, 3.8) is 0 Å². The quantitative estimate of drug-likeness (QED) is 0.591. The molecule has 0 fully saturated rings. The number of carboxylic acids is 1. The molecule has 7 nitrogen and oxygen atoms in total. The molecule has 0 aromatic rings. The van der Waals surface area contributed by atoms with Crippen LogP contribution < -0.4 is 10.0 Å². The Morgan fingerprint density at radius 2 is 1.81 bits per heavy atom. The second kappa shape index (κ2) is 7.56. The molecule has 0 aromatic carbocycles. The first kappa shape index (κ1) is 19.6. The summed E-state index contributed by atoms with van der Waals surface area (Å²) in [5.74, 6) is -1.83. The Kier molecular flexibility index (Phi) is 7.05. The first-order valence-corrected chi connectivity index (χ1v) is 8.39. The van der Waals surface area contributed by atoms with Crippen LogP contribution in [0.2, 0.25) is 0 Å². The van der Waals surface area contributed by atoms with Crippen molar-refractivity contribution < 1.29 is 23.1 Å². The Hall–Kier alpha value is -1.41. The predicted octanol–water partition coefficient (Wildman–Crippen LogP) is 0.486. The molecular formula is C13H24N2O5S. The summed E-state index contributed by atoms with van der Waals surface area (Å²) in [5.41, 5.74) is -0.698. The van der Waals surface area contributed by atoms with Gasteiger partial charge in [0.1, 0.15) is 12.1 Å². The van der Waals surface area contributed by atoms with Gasteiger partial charge in [0.15, 0.2) is 0 Å². The van der Waals surface area contributed by atoms with Gasteiger partial charge in [-0.1, -0.05) is 32.9 Å². The molecule has 2 unspecified atom stereocenters. The Balaban J connectivity index is 5.16. The highest BCUT2D eigenvalue weighted by Crippen LogP contribution is 2.20. The average Bonchev–Trinajstić information content (AvgIpc) is 2.28. The molecule has 8 heteroatoms. The van der Waals surface area contributed by atoms with Crippen molar-refractivity contribution in [1.82, 2.24) is 10.0 Å². The van der Waals surface area contributed by atoms with Crippen LogP contribution in [0.1, 0.15) is 34.1 Å². The van der Waals surface area contributed by atoms with Crippen LogP contribution in [0, 0.1) is 5.41 Å². The molecule has 0 spiro atoms. The normalized spacial score (nSPS) is 15.7. The average molecular weight is 320 g/mol. The van der Waals surface area contributed by atoms with E-state index in [1.807, 2.05) is 0 Å². The molecule has 0 aliphatic carbocycles. The van der Waals surface area contributed by atoms with Gasteiger partial charge in [0, 0.05) is 0 Å². The predicted molar refractivity (Wildman–Crippen MR) is 80.2 cm³/mol. The number of rotatable bonds is 7. The second-order valence-electron chi connectivity index (χ2n) is 5.89. The van der Waals surface area contributed by atoms with Crippen LogP contribution in [0.25, 0.3) is 0 Å². The maximum Gasteiger partial charge on any atom is 0.326 e. The summed E-state index contributed by atoms with van der Waals surface area (Å²) < 4.78 is 25.0. The molecule has 0 saturated heterocycles. The molecule has 0 aromatic heterocycles. The summed E-state index contributed by atoms with van der Waals surface area (Å²) in [4.78, 5) is 23.3. The van der Waals surface area contributed by atoms with Crippen molar-refractivity contribution in [3.8, 4) is 0 Å². The van der Waals surface area contributed by atoms with Gasteiger partial charge in [0.25, 0.3) is 0 Å². The van der Waals surface area contributed by atoms with Crippen LogP contribution in [-0.4, -0.2) is 43.7 Å². The molecule has 0 radical (unpaired) electrons. The van der Waals surface area contributed by atoms with E-state index in [2.05, 4.69) is 10.0 Å². The van der Waals surface area contributed by atoms with E-state index >= 15 is 0 Å². The van der Waals surface area contributed by atoms with Crippen LogP contribution in [0.5, 0.6) is 0 Å². The summed E-state index contributed by atoms with van der Waals surface area (Å²) in [6, 6.07) is -2.15. The monoisotopic (exact) mass is 320 g/mol. The smallest absolute Gasteiger partial charge is 0.326 e. The number of sulfonamides is 1. The van der Waals surface area contributed by atoms with E-state index in [-0.39, 0.29) is 6.42 Å². The van der Waals surface area contributed by atoms with E-state index in [1.54, 1.807) is 39.8 Å². The third kappa shape index (κ3) is 7.81. The zero-order valence-electron chi connectivity index (χ0n) is 13.0. The van der Waals surface area contributed by atoms with Gasteiger partial charge >= 0.3 is 5.97 Å². The lowest BCUT2D eigenvalue weighted by Crippen LogP contribution is -2.56. The first-order chi connectivity index (χ1) is 9.38. The van der Waals surface area contributed by atoms with Gasteiger partial charge in [0.2, 0.25) is 15.9 Å². The lowest BCUT2D eigenvalue weighted by Gasteiger charge is -2.30. The molecule has 122 valence electrons. The highest BCUT2D eigenvalue weighted by atomic mass is 32.2. The zero-order chi connectivity index (χ0) is 16.8. The number of hydrogen-bond acceptors (Lipinski definition) is 4. The van der Waals surface area contributed by atoms with E-state index in [1.165, 1.54) is 0 Å². The third-order valence-corrected chi connectivity index (χ3v) is 3.35. The number of allylic oxidation sites excluding steroid dienone is 1. The van der Waals surface area contributed by atoms with Gasteiger partial charge in [-0.3, -0.25) is 4.79 Å². The summed E-state index contributed by atoms with van der Waals surface area (Å²) in [6.45, 7) is 6.81. The minimum absolute atomic E-state index is 0.132. The molecule has 0 heterocycles. The number of carbonyl (C=O) groups excluding carboxylic acids is 1. The number of amides is 1. The second-order valence-corrected chi connectivity index (χ2v) is 7.67. The van der Waals surface area contributed by atoms with Gasteiger partial charge in [-0.05, 0) is 18.8 Å². The van der Waals surface area contributed by atoms with Crippen molar-refractivity contribution >= 4 is 21.9 Å². The minimum atomic E-state index is -3.60. The molecule has 0 bridgehead atoms. The summed E-state index contributed by atoms with van der Waals surface area (Å²) in [7, 11) is -3.60. The van der Waals surface area contributed by atoms with Gasteiger partial charge in [0.05, 0.1) is 6.26 Å². The molecule has 0 rings (SSSR count). The van der Waals surface area contributed by atoms with Crippen molar-refractivity contribution in [1.29, 1.82) is 0 Å². The number of hydrogen-bond donors (Lipinski definition) is 3. The van der Waals surface area contributed by atoms with Crippen LogP contribution in [-0.2, 0) is 19.6 Å². The lowest BCUT2D eigenvalue weighted by atomic mass is 9.86. The summed E-state index contributed by atoms with van der Waals surface area (Å²) in [6.07, 6.45) is 4.38. The highest BCUT2D eigenvalue weighted by molar-refractivity contribution is 7.88. The Morgan fingerprint density at radius 3 is 2.14 bits per heavy atom. The Bertz CT molecular complexity index is 505. The summed E-state index contributed by atoms with van der Waals surface area (Å²) >= 11 is 0. The maximum atomic E-state index is 12.2. The number of carboxylic acid groups (broad SMARTS) is 1. The van der Waals surface area contributed by atoms with Crippen LogP contribution in [0.3, 0.4) is 0 Å². The van der Waals surface area contributed by atoms with E-state index in [4.69, 9.17) is 5.11 Å². The van der Waals surface area contributed by atoms with Crippen LogP contribution in [0.15, 0.2) is 12.2 Å². The third-order valence-electron chi connectivity index (χ3n) is 2.68. The topological polar surface area (TPSA) is 113 Å². The fourth-order valence-corrected chi connectivity index (χ4v) is 2.48. The summed E-state index contributed by atoms with van der Waals surface area (Å²) in [5, 5.41) is 11.4. The number of aliphatic carboxylic acids is 1. The van der Waals surface area contributed by atoms with Gasteiger partial charge in [-0.2, -0.15) is 0 Å². The molecule has 1 amide bonds. The van der Waals surface area contributed by atoms with Crippen LogP contribution in [0.4, 0.5) is 0 Å². The van der Waals surface area contributed by atoms with Gasteiger partial charge in [-0.15, -0.1) is 0 Å². The highest BCUT2D eigenvalue weighted by Gasteiger charge is 2.35. The van der Waals surface area contributed by atoms with Crippen molar-refractivity contribution in [2.75, 3.05) is 6.26 Å². The Morgan fingerprint density at radius 1 is 1.29 bits per heavy atom. The zero-order valence-corrected chi connectivity index (χ0v) is 13.8. The molecule has 0 saturated carbocycles. The van der Waals surface area contributed by atoms with E-state index in [9.17, 15) is 18.0 Å². The number of carbonyl (C=O) groups is 2. The fraction of sp³-hybridized carbons (Fsp3) is 0.692. The van der Waals surface area contributed by atoms with Gasteiger partial charge in [-0.25, -0.2) is 17.9 Å². The van der Waals surface area contributed by atoms with E-state index < -0.39 is 39.4 Å². The first-order valence-electron chi connectivity index (χ1n) is 6.50. The van der Waals surface area contributed by atoms with Crippen molar-refractivity contribution in [3.05, 3.63) is 12.2 Å². The molecule has 0 aliphatic rings.